The number of methoxy groups -OCH3 is 2. The number of amides is 1. The average Bonchev–Trinajstić information content (AvgIpc) is 2.77. The second kappa shape index (κ2) is 9.65. The molecule has 1 aromatic heterocycles. The lowest BCUT2D eigenvalue weighted by Gasteiger charge is -2.26. The molecule has 0 radical (unpaired) electrons. The van der Waals surface area contributed by atoms with Crippen LogP contribution in [0.1, 0.15) is 11.4 Å². The van der Waals surface area contributed by atoms with Crippen molar-refractivity contribution in [2.45, 2.75) is 6.54 Å². The van der Waals surface area contributed by atoms with Crippen molar-refractivity contribution in [2.24, 2.45) is 0 Å². The zero-order chi connectivity index (χ0) is 19.8. The number of hydrogen-bond donors (Lipinski definition) is 1. The molecule has 148 valence electrons. The number of carbonyl (C=O) groups is 1. The van der Waals surface area contributed by atoms with E-state index in [-0.39, 0.29) is 18.5 Å². The SMILES string of the molecule is COc1ccc(/C=C/C(=O)NCc2nc(OC)nc(N3CCOCC3)n2)cc1. The summed E-state index contributed by atoms with van der Waals surface area (Å²) in [5.41, 5.74) is 0.896. The maximum Gasteiger partial charge on any atom is 0.321 e. The topological polar surface area (TPSA) is 98.7 Å². The van der Waals surface area contributed by atoms with Gasteiger partial charge in [0.2, 0.25) is 11.9 Å². The third-order valence-electron chi connectivity index (χ3n) is 4.09. The number of nitrogens with zero attached hydrogens (tertiary/aromatic N) is 4. The van der Waals surface area contributed by atoms with Gasteiger partial charge in [0.05, 0.1) is 34.0 Å². The van der Waals surface area contributed by atoms with Gasteiger partial charge in [-0.25, -0.2) is 0 Å². The van der Waals surface area contributed by atoms with Gasteiger partial charge in [-0.05, 0) is 23.8 Å². The molecule has 1 N–H and O–H groups in total. The normalized spacial score (nSPS) is 14.1. The maximum absolute atomic E-state index is 12.1. The van der Waals surface area contributed by atoms with E-state index in [1.807, 2.05) is 29.2 Å². The molecule has 2 aromatic rings. The highest BCUT2D eigenvalue weighted by Crippen LogP contribution is 2.14. The van der Waals surface area contributed by atoms with E-state index in [4.69, 9.17) is 14.2 Å². The predicted octanol–water partition coefficient (Wildman–Crippen LogP) is 1.05. The molecular weight excluding hydrogens is 362 g/mol. The molecule has 0 unspecified atom stereocenters. The number of rotatable bonds is 7. The van der Waals surface area contributed by atoms with Crippen LogP contribution in [-0.2, 0) is 16.1 Å². The Hall–Kier alpha value is -3.20. The Kier molecular flexibility index (Phi) is 6.74. The van der Waals surface area contributed by atoms with E-state index in [2.05, 4.69) is 20.3 Å². The molecule has 28 heavy (non-hydrogen) atoms. The van der Waals surface area contributed by atoms with Crippen molar-refractivity contribution in [2.75, 3.05) is 45.4 Å². The van der Waals surface area contributed by atoms with Gasteiger partial charge in [-0.3, -0.25) is 4.79 Å². The lowest BCUT2D eigenvalue weighted by Crippen LogP contribution is -2.37. The van der Waals surface area contributed by atoms with Crippen LogP contribution in [0.3, 0.4) is 0 Å². The van der Waals surface area contributed by atoms with Crippen LogP contribution in [-0.4, -0.2) is 61.4 Å². The zero-order valence-electron chi connectivity index (χ0n) is 15.9. The van der Waals surface area contributed by atoms with Crippen molar-refractivity contribution < 1.29 is 19.0 Å². The van der Waals surface area contributed by atoms with Gasteiger partial charge in [-0.15, -0.1) is 0 Å². The van der Waals surface area contributed by atoms with E-state index in [0.29, 0.717) is 38.1 Å². The molecule has 0 bridgehead atoms. The molecule has 2 heterocycles. The minimum absolute atomic E-state index is 0.169. The third-order valence-corrected chi connectivity index (χ3v) is 4.09. The van der Waals surface area contributed by atoms with Crippen LogP contribution in [0, 0.1) is 0 Å². The van der Waals surface area contributed by atoms with Gasteiger partial charge in [0, 0.05) is 19.2 Å². The molecule has 1 fully saturated rings. The number of ether oxygens (including phenoxy) is 3. The minimum Gasteiger partial charge on any atom is -0.497 e. The Labute approximate surface area is 163 Å². The van der Waals surface area contributed by atoms with Crippen molar-refractivity contribution in [3.63, 3.8) is 0 Å². The molecule has 1 aliphatic heterocycles. The zero-order valence-corrected chi connectivity index (χ0v) is 15.9. The van der Waals surface area contributed by atoms with Gasteiger partial charge >= 0.3 is 6.01 Å². The van der Waals surface area contributed by atoms with Crippen LogP contribution in [0.4, 0.5) is 5.95 Å². The summed E-state index contributed by atoms with van der Waals surface area (Å²) in [6, 6.07) is 7.63. The molecule has 1 amide bonds. The summed E-state index contributed by atoms with van der Waals surface area (Å²) >= 11 is 0. The van der Waals surface area contributed by atoms with Crippen molar-refractivity contribution in [3.8, 4) is 11.8 Å². The van der Waals surface area contributed by atoms with Gasteiger partial charge < -0.3 is 24.4 Å². The van der Waals surface area contributed by atoms with Crippen LogP contribution in [0.5, 0.6) is 11.8 Å². The first-order valence-corrected chi connectivity index (χ1v) is 8.89. The number of anilines is 1. The first-order chi connectivity index (χ1) is 13.7. The number of benzene rings is 1. The van der Waals surface area contributed by atoms with E-state index < -0.39 is 0 Å². The van der Waals surface area contributed by atoms with Crippen molar-refractivity contribution in [1.82, 2.24) is 20.3 Å². The van der Waals surface area contributed by atoms with Crippen LogP contribution < -0.4 is 19.7 Å². The molecule has 3 rings (SSSR count). The summed E-state index contributed by atoms with van der Waals surface area (Å²) in [6.07, 6.45) is 3.19. The second-order valence-electron chi connectivity index (χ2n) is 5.96. The summed E-state index contributed by atoms with van der Waals surface area (Å²) in [6.45, 7) is 2.81. The van der Waals surface area contributed by atoms with Crippen LogP contribution in [0.15, 0.2) is 30.3 Å². The molecule has 9 heteroatoms. The average molecular weight is 385 g/mol. The number of morpholine rings is 1. The predicted molar refractivity (Wildman–Crippen MR) is 103 cm³/mol. The minimum atomic E-state index is -0.247. The highest BCUT2D eigenvalue weighted by molar-refractivity contribution is 5.91. The lowest BCUT2D eigenvalue weighted by atomic mass is 10.2. The fraction of sp³-hybridized carbons (Fsp3) is 0.368. The summed E-state index contributed by atoms with van der Waals surface area (Å²) in [5, 5.41) is 2.77. The molecule has 1 aliphatic rings. The molecule has 0 aliphatic carbocycles. The van der Waals surface area contributed by atoms with E-state index in [1.165, 1.54) is 13.2 Å². The second-order valence-corrected chi connectivity index (χ2v) is 5.96. The Morgan fingerprint density at radius 3 is 2.57 bits per heavy atom. The number of nitrogens with one attached hydrogen (secondary N) is 1. The Morgan fingerprint density at radius 1 is 1.14 bits per heavy atom. The fourth-order valence-electron chi connectivity index (χ4n) is 2.57. The molecule has 0 spiro atoms. The van der Waals surface area contributed by atoms with Gasteiger partial charge in [0.25, 0.3) is 0 Å². The van der Waals surface area contributed by atoms with E-state index in [9.17, 15) is 4.79 Å². The van der Waals surface area contributed by atoms with E-state index in [0.717, 1.165) is 11.3 Å². The van der Waals surface area contributed by atoms with Gasteiger partial charge in [-0.2, -0.15) is 15.0 Å². The van der Waals surface area contributed by atoms with Crippen LogP contribution >= 0.6 is 0 Å². The summed E-state index contributed by atoms with van der Waals surface area (Å²) in [4.78, 5) is 27.0. The monoisotopic (exact) mass is 385 g/mol. The Balaban J connectivity index is 1.60. The number of carbonyl (C=O) groups excluding carboxylic acids is 1. The fourth-order valence-corrected chi connectivity index (χ4v) is 2.57. The quantitative estimate of drug-likeness (QED) is 0.707. The standard InChI is InChI=1S/C19H23N5O4/c1-26-15-6-3-14(4-7-15)5-8-17(25)20-13-16-21-18(23-19(22-16)27-2)24-9-11-28-12-10-24/h3-8H,9-13H2,1-2H3,(H,20,25)/b8-5+. The molecule has 0 saturated carbocycles. The van der Waals surface area contributed by atoms with Gasteiger partial charge in [-0.1, -0.05) is 12.1 Å². The maximum atomic E-state index is 12.1. The van der Waals surface area contributed by atoms with Crippen molar-refractivity contribution in [1.29, 1.82) is 0 Å². The van der Waals surface area contributed by atoms with Crippen LogP contribution in [0.2, 0.25) is 0 Å². The highest BCUT2D eigenvalue weighted by Gasteiger charge is 2.17. The van der Waals surface area contributed by atoms with Gasteiger partial charge in [0.1, 0.15) is 5.75 Å². The van der Waals surface area contributed by atoms with Crippen molar-refractivity contribution >= 4 is 17.9 Å². The molecule has 1 aromatic carbocycles. The smallest absolute Gasteiger partial charge is 0.321 e. The van der Waals surface area contributed by atoms with Crippen LogP contribution in [0.25, 0.3) is 6.08 Å². The summed E-state index contributed by atoms with van der Waals surface area (Å²) in [5.74, 6) is 1.47. The largest absolute Gasteiger partial charge is 0.497 e. The Morgan fingerprint density at radius 2 is 1.89 bits per heavy atom. The molecule has 9 nitrogen and oxygen atoms in total. The molecular formula is C19H23N5O4. The first-order valence-electron chi connectivity index (χ1n) is 8.89. The summed E-state index contributed by atoms with van der Waals surface area (Å²) < 4.78 is 15.6. The lowest BCUT2D eigenvalue weighted by molar-refractivity contribution is -0.116. The Bertz CT molecular complexity index is 820. The highest BCUT2D eigenvalue weighted by atomic mass is 16.5. The number of aromatic nitrogens is 3. The van der Waals surface area contributed by atoms with E-state index in [1.54, 1.807) is 13.2 Å². The first kappa shape index (κ1) is 19.6. The van der Waals surface area contributed by atoms with E-state index >= 15 is 0 Å². The third kappa shape index (κ3) is 5.40. The van der Waals surface area contributed by atoms with Gasteiger partial charge in [0.15, 0.2) is 5.82 Å². The summed E-state index contributed by atoms with van der Waals surface area (Å²) in [7, 11) is 3.11. The number of hydrogen-bond acceptors (Lipinski definition) is 8. The van der Waals surface area contributed by atoms with Crippen molar-refractivity contribution in [3.05, 3.63) is 41.7 Å². The molecule has 1 saturated heterocycles. The molecule has 0 atom stereocenters.